The van der Waals surface area contributed by atoms with Crippen LogP contribution >= 0.6 is 0 Å². The summed E-state index contributed by atoms with van der Waals surface area (Å²) in [7, 11) is 1.54. The first-order valence-electron chi connectivity index (χ1n) is 9.13. The highest BCUT2D eigenvalue weighted by molar-refractivity contribution is 5.96. The molecule has 0 aromatic heterocycles. The molecule has 1 unspecified atom stereocenters. The number of methoxy groups -OCH3 is 1. The minimum Gasteiger partial charge on any atom is -0.497 e. The van der Waals surface area contributed by atoms with E-state index in [1.54, 1.807) is 67.8 Å². The number of carbonyl (C=O) groups excluding carboxylic acids is 2. The summed E-state index contributed by atoms with van der Waals surface area (Å²) in [6, 6.07) is 21.0. The lowest BCUT2D eigenvalue weighted by Gasteiger charge is -2.18. The van der Waals surface area contributed by atoms with E-state index in [0.717, 1.165) is 0 Å². The van der Waals surface area contributed by atoms with E-state index in [0.29, 0.717) is 17.0 Å². The number of anilines is 1. The molecule has 3 aromatic carbocycles. The molecule has 154 valence electrons. The van der Waals surface area contributed by atoms with Gasteiger partial charge in [0.1, 0.15) is 5.75 Å². The molecule has 1 N–H and O–H groups in total. The van der Waals surface area contributed by atoms with Crippen molar-refractivity contribution in [2.45, 2.75) is 6.10 Å². The minimum atomic E-state index is -1.20. The van der Waals surface area contributed by atoms with Crippen molar-refractivity contribution in [1.29, 1.82) is 0 Å². The van der Waals surface area contributed by atoms with Crippen molar-refractivity contribution in [3.63, 3.8) is 0 Å². The number of ether oxygens (including phenoxy) is 3. The van der Waals surface area contributed by atoms with Gasteiger partial charge in [-0.3, -0.25) is 4.79 Å². The molecule has 0 aliphatic rings. The summed E-state index contributed by atoms with van der Waals surface area (Å²) in [5.74, 6) is -1.37. The van der Waals surface area contributed by atoms with Crippen LogP contribution in [0.4, 0.5) is 10.1 Å². The molecule has 30 heavy (non-hydrogen) atoms. The van der Waals surface area contributed by atoms with Crippen LogP contribution in [0.3, 0.4) is 0 Å². The van der Waals surface area contributed by atoms with Crippen molar-refractivity contribution < 1.29 is 28.2 Å². The standard InChI is InChI=1S/C23H20FNO5/c1-28-18-13-11-17(12-14-18)25-23(27)22(16-7-3-2-4-8-16)30-21(26)15-29-20-10-6-5-9-19(20)24/h2-14,22H,15H2,1H3,(H,25,27). The van der Waals surface area contributed by atoms with Gasteiger partial charge in [-0.15, -0.1) is 0 Å². The second kappa shape index (κ2) is 10.1. The molecule has 0 aliphatic heterocycles. The number of halogens is 1. The Kier molecular flexibility index (Phi) is 7.00. The molecule has 3 aromatic rings. The molecule has 3 rings (SSSR count). The summed E-state index contributed by atoms with van der Waals surface area (Å²) in [4.78, 5) is 25.1. The molecule has 0 aliphatic carbocycles. The number of para-hydroxylation sites is 1. The first-order chi connectivity index (χ1) is 14.6. The highest BCUT2D eigenvalue weighted by Crippen LogP contribution is 2.22. The number of benzene rings is 3. The van der Waals surface area contributed by atoms with Crippen LogP contribution in [-0.4, -0.2) is 25.6 Å². The van der Waals surface area contributed by atoms with Crippen LogP contribution in [0.15, 0.2) is 78.9 Å². The Labute approximate surface area is 173 Å². The van der Waals surface area contributed by atoms with Crippen LogP contribution in [0.1, 0.15) is 11.7 Å². The Morgan fingerprint density at radius 3 is 2.27 bits per heavy atom. The van der Waals surface area contributed by atoms with Crippen LogP contribution in [0, 0.1) is 5.82 Å². The van der Waals surface area contributed by atoms with Crippen LogP contribution in [0.2, 0.25) is 0 Å². The predicted molar refractivity (Wildman–Crippen MR) is 109 cm³/mol. The number of hydrogen-bond donors (Lipinski definition) is 1. The van der Waals surface area contributed by atoms with Gasteiger partial charge in [-0.05, 0) is 36.4 Å². The van der Waals surface area contributed by atoms with E-state index >= 15 is 0 Å². The number of amides is 1. The maximum absolute atomic E-state index is 13.6. The van der Waals surface area contributed by atoms with Crippen molar-refractivity contribution in [3.8, 4) is 11.5 Å². The van der Waals surface area contributed by atoms with Crippen molar-refractivity contribution >= 4 is 17.6 Å². The third-order valence-corrected chi connectivity index (χ3v) is 4.13. The van der Waals surface area contributed by atoms with E-state index in [9.17, 15) is 14.0 Å². The average Bonchev–Trinajstić information content (AvgIpc) is 2.78. The van der Waals surface area contributed by atoms with E-state index in [1.807, 2.05) is 0 Å². The number of esters is 1. The normalized spacial score (nSPS) is 11.3. The third-order valence-electron chi connectivity index (χ3n) is 4.13. The molecule has 0 saturated carbocycles. The second-order valence-corrected chi connectivity index (χ2v) is 6.22. The summed E-state index contributed by atoms with van der Waals surface area (Å²) in [5, 5.41) is 2.71. The van der Waals surface area contributed by atoms with Gasteiger partial charge in [0, 0.05) is 11.3 Å². The van der Waals surface area contributed by atoms with Crippen LogP contribution < -0.4 is 14.8 Å². The fourth-order valence-electron chi connectivity index (χ4n) is 2.65. The van der Waals surface area contributed by atoms with Gasteiger partial charge in [-0.25, -0.2) is 9.18 Å². The van der Waals surface area contributed by atoms with E-state index in [1.165, 1.54) is 18.2 Å². The maximum atomic E-state index is 13.6. The zero-order valence-corrected chi connectivity index (χ0v) is 16.2. The Hall–Kier alpha value is -3.87. The number of nitrogens with one attached hydrogen (secondary N) is 1. The molecule has 0 heterocycles. The fourth-order valence-corrected chi connectivity index (χ4v) is 2.65. The Morgan fingerprint density at radius 1 is 0.933 bits per heavy atom. The van der Waals surface area contributed by atoms with E-state index < -0.39 is 30.4 Å². The number of rotatable bonds is 8. The largest absolute Gasteiger partial charge is 0.497 e. The van der Waals surface area contributed by atoms with Crippen LogP contribution in [0.25, 0.3) is 0 Å². The van der Waals surface area contributed by atoms with E-state index in [4.69, 9.17) is 14.2 Å². The molecule has 1 amide bonds. The molecule has 0 radical (unpaired) electrons. The van der Waals surface area contributed by atoms with Crippen LogP contribution in [0.5, 0.6) is 11.5 Å². The summed E-state index contributed by atoms with van der Waals surface area (Å²) >= 11 is 0. The maximum Gasteiger partial charge on any atom is 0.345 e. The molecule has 0 saturated heterocycles. The number of carbonyl (C=O) groups is 2. The van der Waals surface area contributed by atoms with Crippen molar-refractivity contribution in [1.82, 2.24) is 0 Å². The average molecular weight is 409 g/mol. The van der Waals surface area contributed by atoms with Gasteiger partial charge in [0.15, 0.2) is 18.2 Å². The lowest BCUT2D eigenvalue weighted by atomic mass is 10.1. The number of hydrogen-bond acceptors (Lipinski definition) is 5. The van der Waals surface area contributed by atoms with Gasteiger partial charge in [-0.2, -0.15) is 0 Å². The molecule has 0 spiro atoms. The van der Waals surface area contributed by atoms with Gasteiger partial charge in [0.05, 0.1) is 7.11 Å². The summed E-state index contributed by atoms with van der Waals surface area (Å²) < 4.78 is 29.3. The lowest BCUT2D eigenvalue weighted by molar-refractivity contribution is -0.156. The van der Waals surface area contributed by atoms with Gasteiger partial charge in [0.25, 0.3) is 5.91 Å². The lowest BCUT2D eigenvalue weighted by Crippen LogP contribution is -2.28. The van der Waals surface area contributed by atoms with Gasteiger partial charge >= 0.3 is 5.97 Å². The quantitative estimate of drug-likeness (QED) is 0.566. The fraction of sp³-hybridized carbons (Fsp3) is 0.130. The summed E-state index contributed by atoms with van der Waals surface area (Å²) in [6.07, 6.45) is -1.20. The van der Waals surface area contributed by atoms with Crippen molar-refractivity contribution in [2.24, 2.45) is 0 Å². The molecular formula is C23H20FNO5. The highest BCUT2D eigenvalue weighted by Gasteiger charge is 2.25. The Bertz CT molecular complexity index is 992. The molecule has 1 atom stereocenters. The second-order valence-electron chi connectivity index (χ2n) is 6.22. The molecule has 0 bridgehead atoms. The zero-order chi connectivity index (χ0) is 21.3. The highest BCUT2D eigenvalue weighted by atomic mass is 19.1. The summed E-state index contributed by atoms with van der Waals surface area (Å²) in [6.45, 7) is -0.542. The third kappa shape index (κ3) is 5.57. The molecule has 7 heteroatoms. The summed E-state index contributed by atoms with van der Waals surface area (Å²) in [5.41, 5.74) is 1.00. The zero-order valence-electron chi connectivity index (χ0n) is 16.2. The smallest absolute Gasteiger partial charge is 0.345 e. The first kappa shape index (κ1) is 20.9. The van der Waals surface area contributed by atoms with Gasteiger partial charge in [0.2, 0.25) is 6.10 Å². The SMILES string of the molecule is COc1ccc(NC(=O)C(OC(=O)COc2ccccc2F)c2ccccc2)cc1. The molecule has 0 fully saturated rings. The van der Waals surface area contributed by atoms with Gasteiger partial charge < -0.3 is 19.5 Å². The van der Waals surface area contributed by atoms with E-state index in [-0.39, 0.29) is 5.75 Å². The van der Waals surface area contributed by atoms with Gasteiger partial charge in [-0.1, -0.05) is 42.5 Å². The van der Waals surface area contributed by atoms with Crippen LogP contribution in [-0.2, 0) is 14.3 Å². The molecule has 6 nitrogen and oxygen atoms in total. The van der Waals surface area contributed by atoms with Crippen molar-refractivity contribution in [2.75, 3.05) is 19.0 Å². The predicted octanol–water partition coefficient (Wildman–Crippen LogP) is 4.14. The topological polar surface area (TPSA) is 73.9 Å². The Balaban J connectivity index is 1.69. The first-order valence-corrected chi connectivity index (χ1v) is 9.13. The van der Waals surface area contributed by atoms with Crippen molar-refractivity contribution in [3.05, 3.63) is 90.2 Å². The molecular weight excluding hydrogens is 389 g/mol. The monoisotopic (exact) mass is 409 g/mol. The Morgan fingerprint density at radius 2 is 1.60 bits per heavy atom. The minimum absolute atomic E-state index is 0.0756. The van der Waals surface area contributed by atoms with E-state index in [2.05, 4.69) is 5.32 Å².